The number of carbonyl (C=O) groups is 2. The summed E-state index contributed by atoms with van der Waals surface area (Å²) in [5.41, 5.74) is 2.48. The monoisotopic (exact) mass is 295 g/mol. The van der Waals surface area contributed by atoms with Crippen LogP contribution in [-0.4, -0.2) is 18.5 Å². The largest absolute Gasteiger partial charge is 0.455 e. The highest BCUT2D eigenvalue weighted by Gasteiger charge is 2.40. The minimum atomic E-state index is -0.375. The first kappa shape index (κ1) is 14.9. The number of nitrogens with one attached hydrogen (secondary N) is 1. The summed E-state index contributed by atoms with van der Waals surface area (Å²) in [7, 11) is 0. The van der Waals surface area contributed by atoms with Crippen LogP contribution in [0.4, 0.5) is 5.69 Å². The molecule has 0 heterocycles. The average Bonchev–Trinajstić information content (AvgIpc) is 3.08. The van der Waals surface area contributed by atoms with Gasteiger partial charge in [-0.1, -0.05) is 24.6 Å². The minimum absolute atomic E-state index is 0.0347. The van der Waals surface area contributed by atoms with E-state index in [4.69, 9.17) is 16.3 Å². The second kappa shape index (κ2) is 5.83. The maximum absolute atomic E-state index is 11.8. The van der Waals surface area contributed by atoms with E-state index < -0.39 is 0 Å². The Labute approximate surface area is 123 Å². The maximum Gasteiger partial charge on any atom is 0.309 e. The third-order valence-electron chi connectivity index (χ3n) is 3.45. The molecule has 1 aromatic rings. The molecule has 2 rings (SSSR count). The molecule has 0 saturated heterocycles. The van der Waals surface area contributed by atoms with Crippen LogP contribution in [0.25, 0.3) is 0 Å². The van der Waals surface area contributed by atoms with Gasteiger partial charge in [0.05, 0.1) is 16.6 Å². The van der Waals surface area contributed by atoms with Gasteiger partial charge in [0.25, 0.3) is 5.91 Å². The van der Waals surface area contributed by atoms with Crippen molar-refractivity contribution in [2.24, 2.45) is 11.8 Å². The fourth-order valence-corrected chi connectivity index (χ4v) is 2.51. The van der Waals surface area contributed by atoms with Crippen LogP contribution in [0.3, 0.4) is 0 Å². The number of esters is 1. The Kier molecular flexibility index (Phi) is 4.33. The van der Waals surface area contributed by atoms with Gasteiger partial charge in [-0.2, -0.15) is 0 Å². The lowest BCUT2D eigenvalue weighted by molar-refractivity contribution is -0.148. The Morgan fingerprint density at radius 2 is 2.05 bits per heavy atom. The lowest BCUT2D eigenvalue weighted by Crippen LogP contribution is -2.22. The van der Waals surface area contributed by atoms with Crippen LogP contribution in [0.2, 0.25) is 5.02 Å². The molecule has 1 amide bonds. The van der Waals surface area contributed by atoms with E-state index in [1.807, 2.05) is 26.8 Å². The molecule has 2 atom stereocenters. The van der Waals surface area contributed by atoms with Crippen LogP contribution in [0, 0.1) is 25.7 Å². The predicted molar refractivity (Wildman–Crippen MR) is 77.8 cm³/mol. The van der Waals surface area contributed by atoms with Gasteiger partial charge < -0.3 is 10.1 Å². The summed E-state index contributed by atoms with van der Waals surface area (Å²) in [6, 6.07) is 3.71. The van der Waals surface area contributed by atoms with Gasteiger partial charge in [-0.3, -0.25) is 9.59 Å². The Bertz CT molecular complexity index is 533. The van der Waals surface area contributed by atoms with Crippen molar-refractivity contribution >= 4 is 29.2 Å². The highest BCUT2D eigenvalue weighted by atomic mass is 35.5. The van der Waals surface area contributed by atoms with Gasteiger partial charge >= 0.3 is 5.97 Å². The second-order valence-corrected chi connectivity index (χ2v) is 5.82. The third kappa shape index (κ3) is 3.51. The molecule has 5 heteroatoms. The van der Waals surface area contributed by atoms with Gasteiger partial charge in [-0.25, -0.2) is 0 Å². The van der Waals surface area contributed by atoms with Crippen LogP contribution in [0.1, 0.15) is 24.5 Å². The minimum Gasteiger partial charge on any atom is -0.455 e. The molecule has 1 aliphatic carbocycles. The zero-order chi connectivity index (χ0) is 14.9. The normalized spacial score (nSPS) is 20.4. The summed E-state index contributed by atoms with van der Waals surface area (Å²) >= 11 is 6.10. The van der Waals surface area contributed by atoms with Gasteiger partial charge in [-0.15, -0.1) is 0 Å². The summed E-state index contributed by atoms with van der Waals surface area (Å²) in [5, 5.41) is 3.17. The van der Waals surface area contributed by atoms with Gasteiger partial charge in [0.15, 0.2) is 6.61 Å². The van der Waals surface area contributed by atoms with Gasteiger partial charge in [0, 0.05) is 0 Å². The lowest BCUT2D eigenvalue weighted by Gasteiger charge is -2.11. The summed E-state index contributed by atoms with van der Waals surface area (Å²) in [4.78, 5) is 23.3. The van der Waals surface area contributed by atoms with Crippen LogP contribution < -0.4 is 5.32 Å². The number of hydrogen-bond acceptors (Lipinski definition) is 3. The number of carbonyl (C=O) groups excluding carboxylic acids is 2. The molecule has 1 saturated carbocycles. The zero-order valence-corrected chi connectivity index (χ0v) is 12.6. The van der Waals surface area contributed by atoms with Crippen LogP contribution >= 0.6 is 11.6 Å². The number of halogens is 1. The van der Waals surface area contributed by atoms with Crippen LogP contribution in [-0.2, 0) is 14.3 Å². The van der Waals surface area contributed by atoms with E-state index in [0.29, 0.717) is 16.6 Å². The highest BCUT2D eigenvalue weighted by molar-refractivity contribution is 6.34. The summed E-state index contributed by atoms with van der Waals surface area (Å²) < 4.78 is 4.98. The standard InChI is InChI=1S/C15H18ClNO3/c1-8-4-10(3)14(12(16)5-8)17-13(18)7-20-15(19)11-6-9(11)2/h4-5,9,11H,6-7H2,1-3H3,(H,17,18)/t9-,11+/m1/s1. The maximum atomic E-state index is 11.8. The van der Waals surface area contributed by atoms with Crippen molar-refractivity contribution in [3.63, 3.8) is 0 Å². The molecule has 1 aliphatic rings. The number of benzene rings is 1. The van der Waals surface area contributed by atoms with E-state index in [-0.39, 0.29) is 24.4 Å². The van der Waals surface area contributed by atoms with Crippen molar-refractivity contribution in [3.05, 3.63) is 28.3 Å². The smallest absolute Gasteiger partial charge is 0.309 e. The van der Waals surface area contributed by atoms with Crippen molar-refractivity contribution in [3.8, 4) is 0 Å². The summed E-state index contributed by atoms with van der Waals surface area (Å²) in [6.45, 7) is 5.52. The molecule has 0 bridgehead atoms. The molecular formula is C15H18ClNO3. The van der Waals surface area contributed by atoms with Crippen molar-refractivity contribution < 1.29 is 14.3 Å². The Morgan fingerprint density at radius 1 is 1.40 bits per heavy atom. The molecule has 0 spiro atoms. The Morgan fingerprint density at radius 3 is 2.60 bits per heavy atom. The van der Waals surface area contributed by atoms with E-state index in [9.17, 15) is 9.59 Å². The van der Waals surface area contributed by atoms with Crippen molar-refractivity contribution in [1.82, 2.24) is 0 Å². The molecule has 0 aliphatic heterocycles. The number of aryl methyl sites for hydroxylation is 2. The van der Waals surface area contributed by atoms with E-state index in [1.54, 1.807) is 6.07 Å². The highest BCUT2D eigenvalue weighted by Crippen LogP contribution is 2.38. The fraction of sp³-hybridized carbons (Fsp3) is 0.467. The first-order valence-electron chi connectivity index (χ1n) is 6.61. The Hall–Kier alpha value is -1.55. The quantitative estimate of drug-likeness (QED) is 0.869. The third-order valence-corrected chi connectivity index (χ3v) is 3.75. The molecule has 1 fully saturated rings. The van der Waals surface area contributed by atoms with Gasteiger partial charge in [0.1, 0.15) is 0 Å². The van der Waals surface area contributed by atoms with Crippen molar-refractivity contribution in [2.45, 2.75) is 27.2 Å². The second-order valence-electron chi connectivity index (χ2n) is 5.41. The topological polar surface area (TPSA) is 55.4 Å². The molecule has 0 radical (unpaired) electrons. The van der Waals surface area contributed by atoms with Crippen LogP contribution in [0.15, 0.2) is 12.1 Å². The van der Waals surface area contributed by atoms with Crippen molar-refractivity contribution in [1.29, 1.82) is 0 Å². The molecule has 0 unspecified atom stereocenters. The Balaban J connectivity index is 1.90. The summed E-state index contributed by atoms with van der Waals surface area (Å²) in [6.07, 6.45) is 0.851. The molecule has 108 valence electrons. The van der Waals surface area contributed by atoms with Gasteiger partial charge in [-0.05, 0) is 43.4 Å². The van der Waals surface area contributed by atoms with E-state index >= 15 is 0 Å². The van der Waals surface area contributed by atoms with E-state index in [0.717, 1.165) is 17.5 Å². The SMILES string of the molecule is Cc1cc(C)c(NC(=O)COC(=O)[C@H]2C[C@H]2C)c(Cl)c1. The number of ether oxygens (including phenoxy) is 1. The van der Waals surface area contributed by atoms with Gasteiger partial charge in [0.2, 0.25) is 0 Å². The first-order chi connectivity index (χ1) is 9.38. The molecule has 1 N–H and O–H groups in total. The predicted octanol–water partition coefficient (Wildman–Crippen LogP) is 3.09. The zero-order valence-electron chi connectivity index (χ0n) is 11.8. The number of anilines is 1. The number of rotatable bonds is 4. The molecular weight excluding hydrogens is 278 g/mol. The average molecular weight is 296 g/mol. The van der Waals surface area contributed by atoms with E-state index in [2.05, 4.69) is 5.32 Å². The molecule has 0 aromatic heterocycles. The number of hydrogen-bond donors (Lipinski definition) is 1. The first-order valence-corrected chi connectivity index (χ1v) is 6.99. The van der Waals surface area contributed by atoms with Crippen molar-refractivity contribution in [2.75, 3.05) is 11.9 Å². The molecule has 20 heavy (non-hydrogen) atoms. The lowest BCUT2D eigenvalue weighted by atomic mass is 10.1. The fourth-order valence-electron chi connectivity index (χ4n) is 2.14. The van der Waals surface area contributed by atoms with Crippen LogP contribution in [0.5, 0.6) is 0 Å². The molecule has 1 aromatic carbocycles. The number of amides is 1. The molecule has 4 nitrogen and oxygen atoms in total. The summed E-state index contributed by atoms with van der Waals surface area (Å²) in [5.74, 6) is -0.327. The van der Waals surface area contributed by atoms with E-state index in [1.165, 1.54) is 0 Å².